The van der Waals surface area contributed by atoms with E-state index < -0.39 is 0 Å². The van der Waals surface area contributed by atoms with Crippen molar-refractivity contribution in [1.82, 2.24) is 0 Å². The molecule has 0 radical (unpaired) electrons. The highest BCUT2D eigenvalue weighted by molar-refractivity contribution is 7.99. The fourth-order valence-electron chi connectivity index (χ4n) is 8.45. The highest BCUT2D eigenvalue weighted by Crippen LogP contribution is 2.54. The Morgan fingerprint density at radius 3 is 1.56 bits per heavy atom. The Bertz CT molecular complexity index is 2450. The summed E-state index contributed by atoms with van der Waals surface area (Å²) in [5.41, 5.74) is 17.9. The van der Waals surface area contributed by atoms with E-state index in [0.717, 1.165) is 12.8 Å². The van der Waals surface area contributed by atoms with Crippen molar-refractivity contribution >= 4 is 58.0 Å². The monoisotopic (exact) mass is 686 g/mol. The minimum atomic E-state index is -0.129. The lowest BCUT2D eigenvalue weighted by Gasteiger charge is -2.33. The van der Waals surface area contributed by atoms with Crippen molar-refractivity contribution in [3.63, 3.8) is 0 Å². The maximum Gasteiger partial charge on any atom is 0.0601 e. The van der Waals surface area contributed by atoms with E-state index in [9.17, 15) is 0 Å². The van der Waals surface area contributed by atoms with Crippen LogP contribution >= 0.6 is 11.8 Å². The Kier molecular flexibility index (Phi) is 7.26. The zero-order valence-corrected chi connectivity index (χ0v) is 30.2. The third kappa shape index (κ3) is 5.03. The Morgan fingerprint density at radius 2 is 0.923 bits per heavy atom. The number of anilines is 6. The molecule has 1 aliphatic carbocycles. The summed E-state index contributed by atoms with van der Waals surface area (Å²) in [5, 5.41) is 0. The van der Waals surface area contributed by atoms with Gasteiger partial charge in [-0.1, -0.05) is 135 Å². The first-order valence-electron chi connectivity index (χ1n) is 18.2. The summed E-state index contributed by atoms with van der Waals surface area (Å²) in [6.07, 6.45) is 6.60. The highest BCUT2D eigenvalue weighted by Gasteiger charge is 2.36. The zero-order chi connectivity index (χ0) is 34.8. The molecule has 2 nitrogen and oxygen atoms in total. The van der Waals surface area contributed by atoms with Crippen molar-refractivity contribution in [2.75, 3.05) is 9.80 Å². The number of nitrogens with zero attached hydrogens (tertiary/aromatic N) is 2. The standard InChI is InChI=1S/C49H38N2S/c1-49(2)41-31-34(20-19-33-21-26-37(27-22-33)50-43-13-5-3-11-35(43)24-25-36-12-4-6-14-44(36)50)23-29-39(41)40-30-28-38(32-42(40)49)51-45-15-7-9-17-47(45)52-48-18-10-8-16-46(48)51/h3-23,26-32H,24-25H2,1-2H3/b20-19+. The number of benzene rings is 7. The molecule has 3 aliphatic rings. The number of para-hydroxylation sites is 4. The van der Waals surface area contributed by atoms with Crippen LogP contribution in [0.2, 0.25) is 0 Å². The number of hydrogen-bond donors (Lipinski definition) is 0. The lowest BCUT2D eigenvalue weighted by atomic mass is 9.81. The van der Waals surface area contributed by atoms with Crippen LogP contribution in [0.25, 0.3) is 23.3 Å². The van der Waals surface area contributed by atoms with Gasteiger partial charge >= 0.3 is 0 Å². The summed E-state index contributed by atoms with van der Waals surface area (Å²) in [5.74, 6) is 0. The lowest BCUT2D eigenvalue weighted by molar-refractivity contribution is 0.660. The van der Waals surface area contributed by atoms with Crippen LogP contribution in [0.15, 0.2) is 168 Å². The summed E-state index contributed by atoms with van der Waals surface area (Å²) in [4.78, 5) is 7.43. The number of aryl methyl sites for hydroxylation is 2. The highest BCUT2D eigenvalue weighted by atomic mass is 32.2. The first kappa shape index (κ1) is 31.0. The molecule has 0 fully saturated rings. The number of rotatable bonds is 4. The first-order valence-corrected chi connectivity index (χ1v) is 19.0. The molecule has 52 heavy (non-hydrogen) atoms. The lowest BCUT2D eigenvalue weighted by Crippen LogP contribution is -2.18. The predicted octanol–water partition coefficient (Wildman–Crippen LogP) is 13.7. The van der Waals surface area contributed by atoms with Gasteiger partial charge in [0.15, 0.2) is 0 Å². The summed E-state index contributed by atoms with van der Waals surface area (Å²) in [7, 11) is 0. The maximum atomic E-state index is 2.43. The van der Waals surface area contributed by atoms with Gasteiger partial charge in [0.05, 0.1) is 11.4 Å². The average molecular weight is 687 g/mol. The fourth-order valence-corrected chi connectivity index (χ4v) is 9.51. The molecular formula is C49H38N2S. The Hall–Kier alpha value is -5.77. The van der Waals surface area contributed by atoms with Gasteiger partial charge < -0.3 is 9.80 Å². The van der Waals surface area contributed by atoms with Gasteiger partial charge in [-0.25, -0.2) is 0 Å². The Labute approximate surface area is 310 Å². The molecule has 3 heteroatoms. The molecule has 2 aliphatic heterocycles. The van der Waals surface area contributed by atoms with E-state index in [-0.39, 0.29) is 5.41 Å². The minimum absolute atomic E-state index is 0.129. The SMILES string of the molecule is CC1(C)c2cc(/C=C/c3ccc(N4c5ccccc5CCc5ccccc54)cc3)ccc2-c2ccc(N3c4ccccc4Sc4ccccc43)cc21. The van der Waals surface area contributed by atoms with E-state index in [0.29, 0.717) is 0 Å². The quantitative estimate of drug-likeness (QED) is 0.170. The van der Waals surface area contributed by atoms with Crippen molar-refractivity contribution in [3.05, 3.63) is 191 Å². The van der Waals surface area contributed by atoms with Crippen LogP contribution in [0.5, 0.6) is 0 Å². The van der Waals surface area contributed by atoms with Crippen LogP contribution in [-0.4, -0.2) is 0 Å². The van der Waals surface area contributed by atoms with Gasteiger partial charge in [-0.2, -0.15) is 0 Å². The zero-order valence-electron chi connectivity index (χ0n) is 29.4. The van der Waals surface area contributed by atoms with E-state index in [1.807, 2.05) is 11.8 Å². The van der Waals surface area contributed by atoms with Crippen molar-refractivity contribution in [2.24, 2.45) is 0 Å². The second-order valence-electron chi connectivity index (χ2n) is 14.6. The van der Waals surface area contributed by atoms with Crippen LogP contribution in [0.1, 0.15) is 47.2 Å². The van der Waals surface area contributed by atoms with Gasteiger partial charge in [0.1, 0.15) is 0 Å². The molecule has 0 atom stereocenters. The second-order valence-corrected chi connectivity index (χ2v) is 15.6. The van der Waals surface area contributed by atoms with Gasteiger partial charge in [0, 0.05) is 38.0 Å². The fraction of sp³-hybridized carbons (Fsp3) is 0.102. The normalized spacial score (nSPS) is 14.9. The number of hydrogen-bond acceptors (Lipinski definition) is 3. The summed E-state index contributed by atoms with van der Waals surface area (Å²) in [6, 6.07) is 58.2. The van der Waals surface area contributed by atoms with Crippen LogP contribution in [0.3, 0.4) is 0 Å². The molecule has 0 aromatic heterocycles. The van der Waals surface area contributed by atoms with Crippen LogP contribution in [0.4, 0.5) is 34.1 Å². The molecule has 0 amide bonds. The molecular weight excluding hydrogens is 649 g/mol. The topological polar surface area (TPSA) is 6.48 Å². The largest absolute Gasteiger partial charge is 0.310 e. The number of fused-ring (bicyclic) bond motifs is 7. The third-order valence-electron chi connectivity index (χ3n) is 11.1. The molecule has 10 rings (SSSR count). The van der Waals surface area contributed by atoms with Gasteiger partial charge in [0.2, 0.25) is 0 Å². The Morgan fingerprint density at radius 1 is 0.462 bits per heavy atom. The van der Waals surface area contributed by atoms with E-state index >= 15 is 0 Å². The van der Waals surface area contributed by atoms with E-state index in [1.54, 1.807) is 0 Å². The van der Waals surface area contributed by atoms with E-state index in [2.05, 4.69) is 194 Å². The molecule has 7 aromatic rings. The smallest absolute Gasteiger partial charge is 0.0601 e. The van der Waals surface area contributed by atoms with E-state index in [4.69, 9.17) is 0 Å². The minimum Gasteiger partial charge on any atom is -0.310 e. The van der Waals surface area contributed by atoms with Gasteiger partial charge in [0.25, 0.3) is 0 Å². The summed E-state index contributed by atoms with van der Waals surface area (Å²) >= 11 is 1.85. The molecule has 0 bridgehead atoms. The molecule has 250 valence electrons. The molecule has 0 unspecified atom stereocenters. The maximum absolute atomic E-state index is 2.43. The van der Waals surface area contributed by atoms with Crippen molar-refractivity contribution in [1.29, 1.82) is 0 Å². The third-order valence-corrected chi connectivity index (χ3v) is 12.3. The van der Waals surface area contributed by atoms with Gasteiger partial charge in [-0.05, 0) is 118 Å². The van der Waals surface area contributed by atoms with Crippen molar-refractivity contribution in [2.45, 2.75) is 41.9 Å². The molecule has 0 saturated heterocycles. The van der Waals surface area contributed by atoms with Crippen molar-refractivity contribution in [3.8, 4) is 11.1 Å². The van der Waals surface area contributed by atoms with Crippen LogP contribution in [0, 0.1) is 0 Å². The second kappa shape index (κ2) is 12.2. The van der Waals surface area contributed by atoms with Gasteiger partial charge in [-0.3, -0.25) is 0 Å². The summed E-state index contributed by atoms with van der Waals surface area (Å²) < 4.78 is 0. The predicted molar refractivity (Wildman–Crippen MR) is 220 cm³/mol. The van der Waals surface area contributed by atoms with Gasteiger partial charge in [-0.15, -0.1) is 0 Å². The molecule has 0 spiro atoms. The average Bonchev–Trinajstić information content (AvgIpc) is 3.29. The van der Waals surface area contributed by atoms with E-state index in [1.165, 1.54) is 88.4 Å². The Balaban J connectivity index is 0.948. The van der Waals surface area contributed by atoms with Crippen molar-refractivity contribution < 1.29 is 0 Å². The first-order chi connectivity index (χ1) is 25.5. The molecule has 0 saturated carbocycles. The van der Waals surface area contributed by atoms with Crippen LogP contribution in [-0.2, 0) is 18.3 Å². The summed E-state index contributed by atoms with van der Waals surface area (Å²) in [6.45, 7) is 4.75. The molecule has 0 N–H and O–H groups in total. The molecule has 7 aromatic carbocycles. The van der Waals surface area contributed by atoms with Crippen LogP contribution < -0.4 is 9.80 Å². The molecule has 2 heterocycles.